The molecule has 1 amide bonds. The number of ether oxygens (including phenoxy) is 2. The van der Waals surface area contributed by atoms with E-state index in [1.54, 1.807) is 43.5 Å². The second-order valence-electron chi connectivity index (χ2n) is 10.3. The molecule has 1 fully saturated rings. The summed E-state index contributed by atoms with van der Waals surface area (Å²) in [5, 5.41) is 11.5. The zero-order valence-electron chi connectivity index (χ0n) is 22.1. The minimum absolute atomic E-state index is 0.0797. The Balaban J connectivity index is 1.60. The van der Waals surface area contributed by atoms with Gasteiger partial charge in [-0.15, -0.1) is 0 Å². The van der Waals surface area contributed by atoms with Crippen molar-refractivity contribution in [2.75, 3.05) is 18.6 Å². The summed E-state index contributed by atoms with van der Waals surface area (Å²) in [5.41, 5.74) is 4.35. The zero-order chi connectivity index (χ0) is 26.8. The van der Waals surface area contributed by atoms with Crippen LogP contribution in [0.15, 0.2) is 72.3 Å². The molecule has 3 aromatic rings. The molecule has 196 valence electrons. The van der Waals surface area contributed by atoms with Gasteiger partial charge in [0.1, 0.15) is 17.3 Å². The Labute approximate surface area is 223 Å². The van der Waals surface area contributed by atoms with Gasteiger partial charge in [0.2, 0.25) is 0 Å². The third-order valence-corrected chi connectivity index (χ3v) is 7.20. The van der Waals surface area contributed by atoms with Crippen molar-refractivity contribution < 1.29 is 24.2 Å². The van der Waals surface area contributed by atoms with Crippen molar-refractivity contribution in [3.8, 4) is 11.5 Å². The van der Waals surface area contributed by atoms with Gasteiger partial charge in [-0.05, 0) is 90.8 Å². The molecule has 1 saturated heterocycles. The SMILES string of the molecule is COc1ccc(C2/C(=C(/O)c3ccc4c(c3)CCCC4)C(=O)C(=O)N2c2ccc(OCC(C)C)cc2)cc1. The molecule has 6 nitrogen and oxygen atoms in total. The van der Waals surface area contributed by atoms with Crippen LogP contribution in [0.1, 0.15) is 55.0 Å². The molecule has 6 heteroatoms. The van der Waals surface area contributed by atoms with Crippen molar-refractivity contribution >= 4 is 23.1 Å². The largest absolute Gasteiger partial charge is 0.507 e. The van der Waals surface area contributed by atoms with Crippen molar-refractivity contribution in [2.45, 2.75) is 45.6 Å². The minimum atomic E-state index is -0.792. The number of aliphatic hydroxyl groups excluding tert-OH is 1. The third kappa shape index (κ3) is 4.91. The number of hydrogen-bond acceptors (Lipinski definition) is 5. The number of fused-ring (bicyclic) bond motifs is 1. The van der Waals surface area contributed by atoms with Crippen molar-refractivity contribution in [1.82, 2.24) is 0 Å². The zero-order valence-corrected chi connectivity index (χ0v) is 22.1. The molecule has 1 heterocycles. The van der Waals surface area contributed by atoms with Crippen LogP contribution in [-0.2, 0) is 22.4 Å². The lowest BCUT2D eigenvalue weighted by Gasteiger charge is -2.26. The Morgan fingerprint density at radius 2 is 1.58 bits per heavy atom. The number of ketones is 1. The second-order valence-corrected chi connectivity index (χ2v) is 10.3. The number of aliphatic hydroxyl groups is 1. The number of carbonyl (C=O) groups excluding carboxylic acids is 2. The van der Waals surface area contributed by atoms with E-state index in [1.807, 2.05) is 30.3 Å². The summed E-state index contributed by atoms with van der Waals surface area (Å²) in [6.45, 7) is 4.73. The first-order valence-electron chi connectivity index (χ1n) is 13.2. The van der Waals surface area contributed by atoms with E-state index in [0.29, 0.717) is 40.8 Å². The summed E-state index contributed by atoms with van der Waals surface area (Å²) >= 11 is 0. The van der Waals surface area contributed by atoms with Crippen LogP contribution < -0.4 is 14.4 Å². The fraction of sp³-hybridized carbons (Fsp3) is 0.312. The van der Waals surface area contributed by atoms with Gasteiger partial charge in [0.25, 0.3) is 11.7 Å². The Bertz CT molecular complexity index is 1370. The van der Waals surface area contributed by atoms with Gasteiger partial charge in [-0.25, -0.2) is 0 Å². The van der Waals surface area contributed by atoms with Crippen LogP contribution in [0.3, 0.4) is 0 Å². The van der Waals surface area contributed by atoms with E-state index >= 15 is 0 Å². The lowest BCUT2D eigenvalue weighted by Crippen LogP contribution is -2.29. The number of methoxy groups -OCH3 is 1. The normalized spacial score (nSPS) is 18.5. The van der Waals surface area contributed by atoms with Crippen LogP contribution in [0.5, 0.6) is 11.5 Å². The number of Topliss-reactive ketones (excluding diaryl/α,β-unsaturated/α-hetero) is 1. The van der Waals surface area contributed by atoms with E-state index in [2.05, 4.69) is 13.8 Å². The molecule has 1 aliphatic carbocycles. The van der Waals surface area contributed by atoms with Crippen LogP contribution in [0, 0.1) is 5.92 Å². The molecule has 38 heavy (non-hydrogen) atoms. The molecule has 2 aliphatic rings. The summed E-state index contributed by atoms with van der Waals surface area (Å²) in [7, 11) is 1.58. The van der Waals surface area contributed by atoms with Gasteiger partial charge in [0.05, 0.1) is 25.3 Å². The lowest BCUT2D eigenvalue weighted by atomic mass is 9.88. The quantitative estimate of drug-likeness (QED) is 0.231. The highest BCUT2D eigenvalue weighted by molar-refractivity contribution is 6.51. The number of carbonyl (C=O) groups is 2. The highest BCUT2D eigenvalue weighted by Gasteiger charge is 2.47. The van der Waals surface area contributed by atoms with Crippen molar-refractivity contribution in [1.29, 1.82) is 0 Å². The standard InChI is InChI=1S/C32H33NO5/c1-20(2)19-38-27-16-12-25(13-17-27)33-29(22-10-14-26(37-3)15-11-22)28(31(35)32(33)36)30(34)24-9-8-21-6-4-5-7-23(21)18-24/h8-18,20,29,34H,4-7,19H2,1-3H3/b30-28-. The van der Waals surface area contributed by atoms with E-state index in [1.165, 1.54) is 16.0 Å². The van der Waals surface area contributed by atoms with Crippen molar-refractivity contribution in [3.63, 3.8) is 0 Å². The van der Waals surface area contributed by atoms with Crippen molar-refractivity contribution in [3.05, 3.63) is 94.6 Å². The number of aryl methyl sites for hydroxylation is 2. The topological polar surface area (TPSA) is 76.1 Å². The van der Waals surface area contributed by atoms with Gasteiger partial charge in [-0.3, -0.25) is 14.5 Å². The molecule has 1 atom stereocenters. The first-order chi connectivity index (χ1) is 18.4. The van der Waals surface area contributed by atoms with E-state index < -0.39 is 17.7 Å². The Hall–Kier alpha value is -4.06. The molecule has 1 N–H and O–H groups in total. The van der Waals surface area contributed by atoms with E-state index in [9.17, 15) is 14.7 Å². The van der Waals surface area contributed by atoms with Gasteiger partial charge in [-0.1, -0.05) is 38.1 Å². The van der Waals surface area contributed by atoms with E-state index in [0.717, 1.165) is 25.7 Å². The molecule has 1 unspecified atom stereocenters. The summed E-state index contributed by atoms with van der Waals surface area (Å²) in [6.07, 6.45) is 4.22. The van der Waals surface area contributed by atoms with Crippen molar-refractivity contribution in [2.24, 2.45) is 5.92 Å². The second kappa shape index (κ2) is 10.7. The fourth-order valence-corrected chi connectivity index (χ4v) is 5.20. The number of benzene rings is 3. The maximum Gasteiger partial charge on any atom is 0.300 e. The first-order valence-corrected chi connectivity index (χ1v) is 13.2. The van der Waals surface area contributed by atoms with E-state index in [4.69, 9.17) is 9.47 Å². The van der Waals surface area contributed by atoms with Gasteiger partial charge in [0, 0.05) is 11.3 Å². The maximum absolute atomic E-state index is 13.5. The summed E-state index contributed by atoms with van der Waals surface area (Å²) in [5.74, 6) is 0.187. The van der Waals surface area contributed by atoms with Gasteiger partial charge >= 0.3 is 0 Å². The molecule has 0 spiro atoms. The van der Waals surface area contributed by atoms with Crippen LogP contribution in [-0.4, -0.2) is 30.5 Å². The average Bonchev–Trinajstić information content (AvgIpc) is 3.21. The molecule has 5 rings (SSSR count). The maximum atomic E-state index is 13.5. The van der Waals surface area contributed by atoms with Gasteiger partial charge in [-0.2, -0.15) is 0 Å². The molecule has 0 bridgehead atoms. The Morgan fingerprint density at radius 3 is 2.24 bits per heavy atom. The first kappa shape index (κ1) is 25.6. The van der Waals surface area contributed by atoms with E-state index in [-0.39, 0.29) is 11.3 Å². The van der Waals surface area contributed by atoms with Crippen LogP contribution >= 0.6 is 0 Å². The highest BCUT2D eigenvalue weighted by atomic mass is 16.5. The summed E-state index contributed by atoms with van der Waals surface area (Å²) in [4.78, 5) is 28.4. The van der Waals surface area contributed by atoms with Crippen LogP contribution in [0.4, 0.5) is 5.69 Å². The number of rotatable bonds is 7. The molecule has 1 aliphatic heterocycles. The molecular formula is C32H33NO5. The predicted octanol–water partition coefficient (Wildman–Crippen LogP) is 6.24. The molecule has 3 aromatic carbocycles. The monoisotopic (exact) mass is 511 g/mol. The Kier molecular flexibility index (Phi) is 7.23. The van der Waals surface area contributed by atoms with Gasteiger partial charge in [0.15, 0.2) is 0 Å². The van der Waals surface area contributed by atoms with Gasteiger partial charge < -0.3 is 14.6 Å². The number of amides is 1. The molecule has 0 aromatic heterocycles. The number of nitrogens with zero attached hydrogens (tertiary/aromatic N) is 1. The summed E-state index contributed by atoms with van der Waals surface area (Å²) in [6, 6.07) is 19.4. The molecular weight excluding hydrogens is 478 g/mol. The smallest absolute Gasteiger partial charge is 0.300 e. The third-order valence-electron chi connectivity index (χ3n) is 7.20. The molecule has 0 radical (unpaired) electrons. The fourth-order valence-electron chi connectivity index (χ4n) is 5.20. The summed E-state index contributed by atoms with van der Waals surface area (Å²) < 4.78 is 11.1. The Morgan fingerprint density at radius 1 is 0.921 bits per heavy atom. The molecule has 0 saturated carbocycles. The number of anilines is 1. The average molecular weight is 512 g/mol. The van der Waals surface area contributed by atoms with Crippen LogP contribution in [0.25, 0.3) is 5.76 Å². The van der Waals surface area contributed by atoms with Crippen LogP contribution in [0.2, 0.25) is 0 Å². The highest BCUT2D eigenvalue weighted by Crippen LogP contribution is 2.43. The predicted molar refractivity (Wildman–Crippen MR) is 148 cm³/mol. The minimum Gasteiger partial charge on any atom is -0.507 e. The lowest BCUT2D eigenvalue weighted by molar-refractivity contribution is -0.132. The number of hydrogen-bond donors (Lipinski definition) is 1.